The average molecular weight is 440 g/mol. The van der Waals surface area contributed by atoms with E-state index in [1.807, 2.05) is 49.4 Å². The molecular weight excluding hydrogens is 424 g/mol. The number of aliphatic imine (C=N–C) groups is 1. The Hall–Kier alpha value is -2.43. The van der Waals surface area contributed by atoms with E-state index in [-0.39, 0.29) is 5.91 Å². The van der Waals surface area contributed by atoms with E-state index >= 15 is 0 Å². The molecule has 1 aliphatic rings. The number of aryl methyl sites for hydroxylation is 1. The molecule has 0 spiro atoms. The van der Waals surface area contributed by atoms with Crippen LogP contribution in [0.15, 0.2) is 70.1 Å². The fourth-order valence-corrected chi connectivity index (χ4v) is 3.90. The fourth-order valence-electron chi connectivity index (χ4n) is 3.19. The van der Waals surface area contributed by atoms with Gasteiger partial charge in [0.05, 0.1) is 11.4 Å². The third-order valence-electron chi connectivity index (χ3n) is 4.57. The maximum atomic E-state index is 12.7. The van der Waals surface area contributed by atoms with Gasteiger partial charge in [-0.2, -0.15) is 0 Å². The normalized spacial score (nSPS) is 12.5. The molecule has 0 saturated heterocycles. The van der Waals surface area contributed by atoms with Crippen molar-refractivity contribution in [3.8, 4) is 0 Å². The van der Waals surface area contributed by atoms with Gasteiger partial charge < -0.3 is 5.32 Å². The Morgan fingerprint density at radius 3 is 2.70 bits per heavy atom. The molecule has 1 heterocycles. The van der Waals surface area contributed by atoms with Crippen LogP contribution in [0, 0.1) is 6.92 Å². The van der Waals surface area contributed by atoms with Crippen molar-refractivity contribution < 1.29 is 4.79 Å². The molecule has 3 nitrogen and oxygen atoms in total. The summed E-state index contributed by atoms with van der Waals surface area (Å²) in [5, 5.41) is 3.59. The number of rotatable bonds is 3. The quantitative estimate of drug-likeness (QED) is 0.508. The van der Waals surface area contributed by atoms with E-state index in [9.17, 15) is 4.79 Å². The summed E-state index contributed by atoms with van der Waals surface area (Å²) in [6.45, 7) is 1.91. The number of hydrogen-bond donors (Lipinski definition) is 1. The first kappa shape index (κ1) is 18.0. The first-order chi connectivity index (χ1) is 13.0. The number of anilines is 1. The largest absolute Gasteiger partial charge is 0.322 e. The van der Waals surface area contributed by atoms with Crippen molar-refractivity contribution in [3.63, 3.8) is 0 Å². The van der Waals surface area contributed by atoms with E-state index in [0.29, 0.717) is 16.3 Å². The van der Waals surface area contributed by atoms with Gasteiger partial charge in [0.2, 0.25) is 0 Å². The molecule has 134 valence electrons. The zero-order valence-corrected chi connectivity index (χ0v) is 16.9. The zero-order valence-electron chi connectivity index (χ0n) is 14.6. The topological polar surface area (TPSA) is 41.5 Å². The number of nitrogens with one attached hydrogen (secondary N) is 1. The Kier molecular flexibility index (Phi) is 4.85. The Morgan fingerprint density at radius 1 is 1.11 bits per heavy atom. The van der Waals surface area contributed by atoms with Crippen LogP contribution in [0.4, 0.5) is 11.4 Å². The summed E-state index contributed by atoms with van der Waals surface area (Å²) in [7, 11) is 0. The van der Waals surface area contributed by atoms with E-state index in [1.165, 1.54) is 5.56 Å². The van der Waals surface area contributed by atoms with Gasteiger partial charge in [0.1, 0.15) is 0 Å². The van der Waals surface area contributed by atoms with Gasteiger partial charge in [0.25, 0.3) is 5.91 Å². The second kappa shape index (κ2) is 7.29. The summed E-state index contributed by atoms with van der Waals surface area (Å²) in [6, 6.07) is 19.1. The zero-order chi connectivity index (χ0) is 19.0. The lowest BCUT2D eigenvalue weighted by molar-refractivity contribution is 0.102. The third-order valence-corrected chi connectivity index (χ3v) is 5.40. The first-order valence-electron chi connectivity index (χ1n) is 8.54. The Labute approximate surface area is 171 Å². The van der Waals surface area contributed by atoms with Gasteiger partial charge in [0, 0.05) is 32.7 Å². The molecule has 1 amide bonds. The predicted octanol–water partition coefficient (Wildman–Crippen LogP) is 6.34. The van der Waals surface area contributed by atoms with Crippen molar-refractivity contribution in [1.82, 2.24) is 0 Å². The molecular formula is C22H16BrClN2O. The number of fused-ring (bicyclic) bond motifs is 1. The second-order valence-electron chi connectivity index (χ2n) is 6.47. The van der Waals surface area contributed by atoms with Gasteiger partial charge in [0.15, 0.2) is 0 Å². The van der Waals surface area contributed by atoms with Crippen molar-refractivity contribution in [2.24, 2.45) is 4.99 Å². The van der Waals surface area contributed by atoms with Crippen LogP contribution in [0.25, 0.3) is 0 Å². The van der Waals surface area contributed by atoms with E-state index < -0.39 is 0 Å². The summed E-state index contributed by atoms with van der Waals surface area (Å²) >= 11 is 9.84. The van der Waals surface area contributed by atoms with Crippen LogP contribution in [0.1, 0.15) is 27.0 Å². The lowest BCUT2D eigenvalue weighted by atomic mass is 10.0. The summed E-state index contributed by atoms with van der Waals surface area (Å²) in [4.78, 5) is 17.4. The molecule has 0 radical (unpaired) electrons. The molecule has 3 aromatic carbocycles. The Bertz CT molecular complexity index is 1090. The van der Waals surface area contributed by atoms with Crippen LogP contribution in [0.2, 0.25) is 5.02 Å². The number of halogens is 2. The second-order valence-corrected chi connectivity index (χ2v) is 7.79. The molecule has 0 aromatic heterocycles. The van der Waals surface area contributed by atoms with Crippen LogP contribution in [0.3, 0.4) is 0 Å². The van der Waals surface area contributed by atoms with Crippen molar-refractivity contribution >= 4 is 50.5 Å². The van der Waals surface area contributed by atoms with Crippen molar-refractivity contribution in [2.45, 2.75) is 13.3 Å². The number of nitrogens with zero attached hydrogens (tertiary/aromatic N) is 1. The number of para-hydroxylation sites is 1. The number of hydrogen-bond acceptors (Lipinski definition) is 2. The maximum absolute atomic E-state index is 12.7. The first-order valence-corrected chi connectivity index (χ1v) is 9.71. The molecule has 3 aromatic rings. The summed E-state index contributed by atoms with van der Waals surface area (Å²) in [5.74, 6) is -0.148. The highest BCUT2D eigenvalue weighted by Gasteiger charge is 2.18. The minimum absolute atomic E-state index is 0.148. The smallest absolute Gasteiger partial charge is 0.255 e. The highest BCUT2D eigenvalue weighted by atomic mass is 79.9. The lowest BCUT2D eigenvalue weighted by Gasteiger charge is -2.11. The molecule has 1 N–H and O–H groups in total. The van der Waals surface area contributed by atoms with Crippen LogP contribution in [0.5, 0.6) is 0 Å². The summed E-state index contributed by atoms with van der Waals surface area (Å²) in [5.41, 5.74) is 6.16. The number of carbonyl (C=O) groups is 1. The van der Waals surface area contributed by atoms with E-state index in [0.717, 1.165) is 33.4 Å². The average Bonchev–Trinajstić information content (AvgIpc) is 3.07. The van der Waals surface area contributed by atoms with E-state index in [1.54, 1.807) is 12.1 Å². The number of benzene rings is 3. The molecule has 0 bridgehead atoms. The SMILES string of the molecule is Cc1cc(Br)ccc1C(=O)Nc1ccc(Cl)c(C2=Nc3ccccc3C2)c1. The van der Waals surface area contributed by atoms with Gasteiger partial charge in [-0.15, -0.1) is 0 Å². The Balaban J connectivity index is 1.61. The van der Waals surface area contributed by atoms with Gasteiger partial charge in [-0.1, -0.05) is 45.7 Å². The Morgan fingerprint density at radius 2 is 1.93 bits per heavy atom. The molecule has 0 fully saturated rings. The van der Waals surface area contributed by atoms with E-state index in [4.69, 9.17) is 16.6 Å². The summed E-state index contributed by atoms with van der Waals surface area (Å²) < 4.78 is 0.948. The highest BCUT2D eigenvalue weighted by Crippen LogP contribution is 2.32. The number of amides is 1. The molecule has 27 heavy (non-hydrogen) atoms. The van der Waals surface area contributed by atoms with Crippen LogP contribution >= 0.6 is 27.5 Å². The van der Waals surface area contributed by atoms with Crippen molar-refractivity contribution in [2.75, 3.05) is 5.32 Å². The van der Waals surface area contributed by atoms with E-state index in [2.05, 4.69) is 27.3 Å². The third kappa shape index (κ3) is 3.68. The molecule has 0 unspecified atom stereocenters. The molecule has 5 heteroatoms. The molecule has 0 aliphatic carbocycles. The van der Waals surface area contributed by atoms with Crippen LogP contribution < -0.4 is 5.32 Å². The minimum atomic E-state index is -0.148. The maximum Gasteiger partial charge on any atom is 0.255 e. The van der Waals surface area contributed by atoms with Gasteiger partial charge >= 0.3 is 0 Å². The molecule has 4 rings (SSSR count). The van der Waals surface area contributed by atoms with Crippen LogP contribution in [-0.2, 0) is 6.42 Å². The monoisotopic (exact) mass is 438 g/mol. The fraction of sp³-hybridized carbons (Fsp3) is 0.0909. The predicted molar refractivity (Wildman–Crippen MR) is 115 cm³/mol. The van der Waals surface area contributed by atoms with Crippen molar-refractivity contribution in [3.05, 3.63) is 92.4 Å². The molecule has 0 atom stereocenters. The van der Waals surface area contributed by atoms with Crippen molar-refractivity contribution in [1.29, 1.82) is 0 Å². The van der Waals surface area contributed by atoms with Gasteiger partial charge in [-0.25, -0.2) is 0 Å². The van der Waals surface area contributed by atoms with Crippen LogP contribution in [-0.4, -0.2) is 11.6 Å². The molecule has 0 saturated carbocycles. The number of carbonyl (C=O) groups excluding carboxylic acids is 1. The summed E-state index contributed by atoms with van der Waals surface area (Å²) in [6.07, 6.45) is 0.735. The van der Waals surface area contributed by atoms with Gasteiger partial charge in [-0.05, 0) is 60.5 Å². The van der Waals surface area contributed by atoms with Gasteiger partial charge in [-0.3, -0.25) is 9.79 Å². The molecule has 1 aliphatic heterocycles. The lowest BCUT2D eigenvalue weighted by Crippen LogP contribution is -2.14. The standard InChI is InChI=1S/C22H16BrClN2O/c1-13-10-15(23)6-8-17(13)22(27)25-16-7-9-19(24)18(12-16)21-11-14-4-2-3-5-20(14)26-21/h2-10,12H,11H2,1H3,(H,25,27). The highest BCUT2D eigenvalue weighted by molar-refractivity contribution is 9.10. The minimum Gasteiger partial charge on any atom is -0.322 e.